The van der Waals surface area contributed by atoms with Crippen LogP contribution in [0.3, 0.4) is 0 Å². The molecule has 2 aliphatic rings. The van der Waals surface area contributed by atoms with Crippen LogP contribution < -0.4 is 0 Å². The molecule has 0 radical (unpaired) electrons. The largest absolute Gasteiger partial charge is 0.490 e. The molecule has 2 fully saturated rings. The van der Waals surface area contributed by atoms with Crippen LogP contribution in [0.15, 0.2) is 18.3 Å². The number of aliphatic carboxylic acids is 2. The van der Waals surface area contributed by atoms with Crippen LogP contribution in [0.4, 0.5) is 26.3 Å². The third-order valence-corrected chi connectivity index (χ3v) is 5.58. The summed E-state index contributed by atoms with van der Waals surface area (Å²) in [6.45, 7) is 4.22. The van der Waals surface area contributed by atoms with E-state index in [1.54, 1.807) is 6.20 Å². The van der Waals surface area contributed by atoms with E-state index in [1.807, 2.05) is 43.0 Å². The van der Waals surface area contributed by atoms with E-state index >= 15 is 0 Å². The first-order valence-corrected chi connectivity index (χ1v) is 11.1. The van der Waals surface area contributed by atoms with Gasteiger partial charge in [-0.25, -0.2) is 9.59 Å². The normalized spacial score (nSPS) is 19.2. The Balaban J connectivity index is 0.000000426. The van der Waals surface area contributed by atoms with Crippen molar-refractivity contribution in [2.75, 3.05) is 33.7 Å². The number of carbonyl (C=O) groups excluding carboxylic acids is 2. The molecular formula is C22H28F6N4O6. The molecule has 2 amide bonds. The molecule has 214 valence electrons. The van der Waals surface area contributed by atoms with Crippen molar-refractivity contribution in [2.24, 2.45) is 0 Å². The summed E-state index contributed by atoms with van der Waals surface area (Å²) < 4.78 is 63.5. The molecule has 2 atom stereocenters. The molecule has 3 heterocycles. The van der Waals surface area contributed by atoms with Gasteiger partial charge in [0.2, 0.25) is 5.91 Å². The summed E-state index contributed by atoms with van der Waals surface area (Å²) in [4.78, 5) is 53.2. The van der Waals surface area contributed by atoms with E-state index in [0.29, 0.717) is 18.5 Å². The molecule has 0 spiro atoms. The first-order chi connectivity index (χ1) is 17.4. The molecule has 10 nitrogen and oxygen atoms in total. The van der Waals surface area contributed by atoms with E-state index in [2.05, 4.69) is 9.88 Å². The van der Waals surface area contributed by atoms with Crippen molar-refractivity contribution in [3.63, 3.8) is 0 Å². The molecule has 1 aromatic rings. The predicted octanol–water partition coefficient (Wildman–Crippen LogP) is 2.42. The summed E-state index contributed by atoms with van der Waals surface area (Å²) in [6, 6.07) is 4.01. The van der Waals surface area contributed by atoms with Gasteiger partial charge in [0, 0.05) is 37.9 Å². The number of piperidine rings is 1. The number of likely N-dealkylation sites (tertiary alicyclic amines) is 2. The lowest BCUT2D eigenvalue weighted by Gasteiger charge is -2.40. The minimum Gasteiger partial charge on any atom is -0.475 e. The molecule has 1 aromatic heterocycles. The number of carboxylic acids is 2. The van der Waals surface area contributed by atoms with Crippen LogP contribution in [-0.4, -0.2) is 112 Å². The maximum Gasteiger partial charge on any atom is 0.490 e. The highest BCUT2D eigenvalue weighted by Gasteiger charge is 2.45. The third kappa shape index (κ3) is 9.79. The Kier molecular flexibility index (Phi) is 11.5. The number of likely N-dealkylation sites (N-methyl/N-ethyl adjacent to an activating group) is 1. The van der Waals surface area contributed by atoms with Crippen LogP contribution in [0.1, 0.15) is 35.3 Å². The lowest BCUT2D eigenvalue weighted by Crippen LogP contribution is -2.54. The fourth-order valence-corrected chi connectivity index (χ4v) is 3.76. The number of alkyl halides is 6. The average molecular weight is 558 g/mol. The van der Waals surface area contributed by atoms with Crippen LogP contribution in [0.2, 0.25) is 0 Å². The van der Waals surface area contributed by atoms with Gasteiger partial charge in [0.25, 0.3) is 5.91 Å². The Bertz CT molecular complexity index is 960. The number of fused-ring (bicyclic) bond motifs is 1. The number of carboxylic acid groups (broad SMARTS) is 2. The molecule has 0 unspecified atom stereocenters. The van der Waals surface area contributed by atoms with Gasteiger partial charge in [0.05, 0.1) is 17.6 Å². The van der Waals surface area contributed by atoms with Gasteiger partial charge in [-0.15, -0.1) is 0 Å². The number of amides is 2. The van der Waals surface area contributed by atoms with Crippen LogP contribution in [0, 0.1) is 6.92 Å². The lowest BCUT2D eigenvalue weighted by atomic mass is 9.96. The van der Waals surface area contributed by atoms with Crippen molar-refractivity contribution < 1.29 is 55.7 Å². The zero-order valence-corrected chi connectivity index (χ0v) is 20.7. The van der Waals surface area contributed by atoms with Crippen molar-refractivity contribution in [3.05, 3.63) is 29.6 Å². The van der Waals surface area contributed by atoms with Crippen LogP contribution >= 0.6 is 0 Å². The summed E-state index contributed by atoms with van der Waals surface area (Å²) >= 11 is 0. The molecule has 0 bridgehead atoms. The number of aromatic nitrogens is 1. The lowest BCUT2D eigenvalue weighted by molar-refractivity contribution is -0.193. The third-order valence-electron chi connectivity index (χ3n) is 5.58. The van der Waals surface area contributed by atoms with Crippen LogP contribution in [0.5, 0.6) is 0 Å². The first-order valence-electron chi connectivity index (χ1n) is 11.1. The van der Waals surface area contributed by atoms with Gasteiger partial charge in [-0.2, -0.15) is 26.3 Å². The van der Waals surface area contributed by atoms with E-state index in [4.69, 9.17) is 19.8 Å². The highest BCUT2D eigenvalue weighted by Crippen LogP contribution is 2.32. The van der Waals surface area contributed by atoms with Crippen molar-refractivity contribution in [3.8, 4) is 0 Å². The smallest absolute Gasteiger partial charge is 0.475 e. The Hall–Kier alpha value is -3.43. The second-order valence-corrected chi connectivity index (χ2v) is 8.65. The number of rotatable bonds is 4. The van der Waals surface area contributed by atoms with Gasteiger partial charge in [-0.1, -0.05) is 0 Å². The fourth-order valence-electron chi connectivity index (χ4n) is 3.76. The van der Waals surface area contributed by atoms with Gasteiger partial charge in [-0.3, -0.25) is 14.6 Å². The van der Waals surface area contributed by atoms with Gasteiger partial charge in [0.1, 0.15) is 0 Å². The second-order valence-electron chi connectivity index (χ2n) is 8.65. The number of aryl methyl sites for hydroxylation is 1. The summed E-state index contributed by atoms with van der Waals surface area (Å²) in [5.41, 5.74) is 1.54. The minimum atomic E-state index is -5.08. The number of hydrogen-bond donors (Lipinski definition) is 2. The Morgan fingerprint density at radius 2 is 1.53 bits per heavy atom. The highest BCUT2D eigenvalue weighted by molar-refractivity contribution is 5.94. The predicted molar refractivity (Wildman–Crippen MR) is 119 cm³/mol. The standard InChI is InChI=1S/C18H26N4O2.2C2HF3O2/c1-13-4-5-14(12-19-13)18(24)22-9-8-16-15(22)6-7-17(23)21(16)11-10-20(2)3;2*3-2(4,5)1(6)7/h4-5,12,15-16H,6-11H2,1-3H3;2*(H,6,7)/t15-,16-;;/m1../s1. The van der Waals surface area contributed by atoms with Gasteiger partial charge < -0.3 is 24.9 Å². The molecule has 0 aliphatic carbocycles. The second kappa shape index (κ2) is 13.4. The molecule has 2 N–H and O–H groups in total. The average Bonchev–Trinajstić information content (AvgIpc) is 3.22. The number of carbonyl (C=O) groups is 4. The van der Waals surface area contributed by atoms with Gasteiger partial charge in [-0.05, 0) is 46.0 Å². The Morgan fingerprint density at radius 3 is 1.95 bits per heavy atom. The Labute approximate surface area is 213 Å². The summed E-state index contributed by atoms with van der Waals surface area (Å²) in [5.74, 6) is -5.25. The molecule has 0 saturated carbocycles. The molecule has 2 saturated heterocycles. The fraction of sp³-hybridized carbons (Fsp3) is 0.591. The monoisotopic (exact) mass is 558 g/mol. The molecule has 2 aliphatic heterocycles. The van der Waals surface area contributed by atoms with Gasteiger partial charge in [0.15, 0.2) is 0 Å². The van der Waals surface area contributed by atoms with E-state index in [9.17, 15) is 35.9 Å². The summed E-state index contributed by atoms with van der Waals surface area (Å²) in [5, 5.41) is 14.2. The molecule has 38 heavy (non-hydrogen) atoms. The highest BCUT2D eigenvalue weighted by atomic mass is 19.4. The molecular weight excluding hydrogens is 530 g/mol. The van der Waals surface area contributed by atoms with Gasteiger partial charge >= 0.3 is 24.3 Å². The molecule has 0 aromatic carbocycles. The van der Waals surface area contributed by atoms with E-state index in [0.717, 1.165) is 31.6 Å². The van der Waals surface area contributed by atoms with Crippen molar-refractivity contribution >= 4 is 23.8 Å². The van der Waals surface area contributed by atoms with E-state index in [1.165, 1.54) is 0 Å². The van der Waals surface area contributed by atoms with Crippen molar-refractivity contribution in [2.45, 2.75) is 50.6 Å². The number of hydrogen-bond acceptors (Lipinski definition) is 6. The van der Waals surface area contributed by atoms with Crippen molar-refractivity contribution in [1.29, 1.82) is 0 Å². The van der Waals surface area contributed by atoms with E-state index in [-0.39, 0.29) is 23.9 Å². The minimum absolute atomic E-state index is 0.0388. The maximum absolute atomic E-state index is 12.8. The van der Waals surface area contributed by atoms with Crippen molar-refractivity contribution in [1.82, 2.24) is 19.7 Å². The SMILES string of the molecule is Cc1ccc(C(=O)N2CC[C@@H]3[C@H]2CCC(=O)N3CCN(C)C)cn1.O=C(O)C(F)(F)F.O=C(O)C(F)(F)F. The Morgan fingerprint density at radius 1 is 1.00 bits per heavy atom. The van der Waals surface area contributed by atoms with Crippen LogP contribution in [0.25, 0.3) is 0 Å². The zero-order chi connectivity index (χ0) is 29.4. The maximum atomic E-state index is 12.8. The van der Waals surface area contributed by atoms with E-state index < -0.39 is 24.3 Å². The molecule has 16 heteroatoms. The first kappa shape index (κ1) is 32.6. The van der Waals surface area contributed by atoms with Crippen LogP contribution in [-0.2, 0) is 14.4 Å². The topological polar surface area (TPSA) is 131 Å². The number of nitrogens with zero attached hydrogens (tertiary/aromatic N) is 4. The molecule has 3 rings (SSSR count). The quantitative estimate of drug-likeness (QED) is 0.539. The number of halogens is 6. The summed E-state index contributed by atoms with van der Waals surface area (Å²) in [6.07, 6.45) is -6.34. The number of pyridine rings is 1. The zero-order valence-electron chi connectivity index (χ0n) is 20.7. The summed E-state index contributed by atoms with van der Waals surface area (Å²) in [7, 11) is 4.03.